The first-order valence-corrected chi connectivity index (χ1v) is 10.8. The smallest absolute Gasteiger partial charge is 0.168 e. The molecule has 2 aliphatic carbocycles. The molecule has 2 aliphatic rings. The van der Waals surface area contributed by atoms with Crippen LogP contribution in [0.2, 0.25) is 0 Å². The highest BCUT2D eigenvalue weighted by Crippen LogP contribution is 2.43. The molecule has 0 heterocycles. The average molecular weight is 375 g/mol. The molecule has 0 radical (unpaired) electrons. The van der Waals surface area contributed by atoms with Crippen molar-refractivity contribution in [3.8, 4) is 0 Å². The van der Waals surface area contributed by atoms with Gasteiger partial charge in [-0.2, -0.15) is 12.6 Å². The highest BCUT2D eigenvalue weighted by Gasteiger charge is 2.44. The van der Waals surface area contributed by atoms with Gasteiger partial charge in [0.2, 0.25) is 0 Å². The second-order valence-corrected chi connectivity index (χ2v) is 8.86. The fraction of sp³-hybridized carbons (Fsp3) is 0.905. The molecule has 2 saturated carbocycles. The molecule has 4 heteroatoms. The van der Waals surface area contributed by atoms with Crippen LogP contribution in [0, 0.1) is 17.8 Å². The van der Waals surface area contributed by atoms with Crippen molar-refractivity contribution < 1.29 is 13.5 Å². The van der Waals surface area contributed by atoms with Crippen LogP contribution in [-0.2, 0) is 4.74 Å². The Morgan fingerprint density at radius 3 is 2.44 bits per heavy atom. The third kappa shape index (κ3) is 6.15. The number of hydrogen-bond donors (Lipinski definition) is 1. The van der Waals surface area contributed by atoms with Crippen LogP contribution >= 0.6 is 12.6 Å². The summed E-state index contributed by atoms with van der Waals surface area (Å²) in [4.78, 5) is 0. The number of rotatable bonds is 9. The molecule has 146 valence electrons. The predicted molar refractivity (Wildman–Crippen MR) is 105 cm³/mol. The van der Waals surface area contributed by atoms with Crippen LogP contribution in [0.3, 0.4) is 0 Å². The van der Waals surface area contributed by atoms with Gasteiger partial charge in [-0.05, 0) is 56.3 Å². The Labute approximate surface area is 158 Å². The zero-order valence-corrected chi connectivity index (χ0v) is 16.6. The number of ether oxygens (including phenoxy) is 1. The standard InChI is InChI=1S/C21H36F2OS/c1-3-6-17(25)8-5-7-15-9-11-16(12-10-15)18-13-14-19(24-4-2)21(23)20(18)22/h4,15-21,25H,2-3,5-14H2,1H3. The maximum absolute atomic E-state index is 14.6. The largest absolute Gasteiger partial charge is 0.495 e. The predicted octanol–water partition coefficient (Wildman–Crippen LogP) is 6.68. The normalized spacial score (nSPS) is 37.4. The van der Waals surface area contributed by atoms with Gasteiger partial charge in [0.25, 0.3) is 0 Å². The second-order valence-electron chi connectivity index (χ2n) is 8.13. The Hall–Kier alpha value is -0.250. The summed E-state index contributed by atoms with van der Waals surface area (Å²) >= 11 is 4.64. The summed E-state index contributed by atoms with van der Waals surface area (Å²) in [6, 6.07) is 0. The fourth-order valence-corrected chi connectivity index (χ4v) is 5.34. The highest BCUT2D eigenvalue weighted by atomic mass is 32.1. The first-order chi connectivity index (χ1) is 12.1. The van der Waals surface area contributed by atoms with Gasteiger partial charge in [-0.1, -0.05) is 45.6 Å². The Balaban J connectivity index is 1.70. The lowest BCUT2D eigenvalue weighted by Crippen LogP contribution is -2.45. The van der Waals surface area contributed by atoms with Gasteiger partial charge in [-0.15, -0.1) is 0 Å². The minimum atomic E-state index is -1.50. The maximum atomic E-state index is 14.6. The number of hydrogen-bond acceptors (Lipinski definition) is 2. The lowest BCUT2D eigenvalue weighted by atomic mass is 9.68. The van der Waals surface area contributed by atoms with Crippen molar-refractivity contribution in [3.63, 3.8) is 0 Å². The van der Waals surface area contributed by atoms with Crippen LogP contribution in [0.15, 0.2) is 12.8 Å². The van der Waals surface area contributed by atoms with Crippen LogP contribution in [0.1, 0.15) is 77.6 Å². The zero-order valence-electron chi connectivity index (χ0n) is 15.7. The molecule has 5 unspecified atom stereocenters. The van der Waals surface area contributed by atoms with Crippen molar-refractivity contribution in [2.24, 2.45) is 17.8 Å². The molecule has 0 bridgehead atoms. The van der Waals surface area contributed by atoms with E-state index in [0.717, 1.165) is 25.2 Å². The maximum Gasteiger partial charge on any atom is 0.168 e. The third-order valence-corrected chi connectivity index (χ3v) is 6.91. The van der Waals surface area contributed by atoms with Crippen LogP contribution in [0.4, 0.5) is 8.78 Å². The zero-order chi connectivity index (χ0) is 18.2. The molecule has 2 fully saturated rings. The molecule has 0 amide bonds. The number of halogens is 2. The number of thiol groups is 1. The summed E-state index contributed by atoms with van der Waals surface area (Å²) < 4.78 is 34.0. The SMILES string of the molecule is C=COC1CCC(C2CCC(CCCC(S)CCC)CC2)C(F)C1F. The van der Waals surface area contributed by atoms with E-state index in [1.54, 1.807) is 0 Å². The summed E-state index contributed by atoms with van der Waals surface area (Å²) in [6.07, 6.45) is 9.73. The van der Waals surface area contributed by atoms with Crippen LogP contribution in [0.25, 0.3) is 0 Å². The lowest BCUT2D eigenvalue weighted by Gasteiger charge is -2.41. The molecule has 0 saturated heterocycles. The molecular weight excluding hydrogens is 338 g/mol. The molecule has 1 nitrogen and oxygen atoms in total. The van der Waals surface area contributed by atoms with Crippen LogP contribution in [-0.4, -0.2) is 23.7 Å². The fourth-order valence-electron chi connectivity index (χ4n) is 4.90. The van der Waals surface area contributed by atoms with E-state index in [1.165, 1.54) is 51.2 Å². The van der Waals surface area contributed by atoms with E-state index in [1.807, 2.05) is 0 Å². The van der Waals surface area contributed by atoms with Gasteiger partial charge in [0.1, 0.15) is 12.3 Å². The summed E-state index contributed by atoms with van der Waals surface area (Å²) in [5, 5.41) is 0.545. The average Bonchev–Trinajstić information content (AvgIpc) is 2.60. The summed E-state index contributed by atoms with van der Waals surface area (Å²) in [5.41, 5.74) is 0. The molecule has 5 atom stereocenters. The molecule has 0 N–H and O–H groups in total. The van der Waals surface area contributed by atoms with Crippen molar-refractivity contribution in [2.45, 2.75) is 101 Å². The van der Waals surface area contributed by atoms with Crippen molar-refractivity contribution in [2.75, 3.05) is 0 Å². The topological polar surface area (TPSA) is 9.23 Å². The highest BCUT2D eigenvalue weighted by molar-refractivity contribution is 7.80. The third-order valence-electron chi connectivity index (χ3n) is 6.39. The van der Waals surface area contributed by atoms with Gasteiger partial charge in [0, 0.05) is 5.25 Å². The Morgan fingerprint density at radius 1 is 1.08 bits per heavy atom. The van der Waals surface area contributed by atoms with E-state index in [0.29, 0.717) is 17.6 Å². The van der Waals surface area contributed by atoms with Gasteiger partial charge in [-0.25, -0.2) is 8.78 Å². The first-order valence-electron chi connectivity index (χ1n) is 10.3. The Bertz CT molecular complexity index is 384. The molecule has 0 aromatic carbocycles. The minimum Gasteiger partial charge on any atom is -0.495 e. The van der Waals surface area contributed by atoms with Crippen molar-refractivity contribution in [1.29, 1.82) is 0 Å². The van der Waals surface area contributed by atoms with E-state index in [-0.39, 0.29) is 5.92 Å². The van der Waals surface area contributed by atoms with Gasteiger partial charge >= 0.3 is 0 Å². The quantitative estimate of drug-likeness (QED) is 0.350. The molecule has 0 aromatic heterocycles. The van der Waals surface area contributed by atoms with Crippen molar-refractivity contribution in [3.05, 3.63) is 12.8 Å². The van der Waals surface area contributed by atoms with Crippen molar-refractivity contribution in [1.82, 2.24) is 0 Å². The molecular formula is C21H36F2OS. The second kappa shape index (κ2) is 10.8. The summed E-state index contributed by atoms with van der Waals surface area (Å²) in [6.45, 7) is 5.67. The first kappa shape index (κ1) is 21.1. The van der Waals surface area contributed by atoms with Crippen molar-refractivity contribution >= 4 is 12.6 Å². The summed E-state index contributed by atoms with van der Waals surface area (Å²) in [7, 11) is 0. The van der Waals surface area contributed by atoms with Gasteiger partial charge in [0.05, 0.1) is 6.26 Å². The summed E-state index contributed by atoms with van der Waals surface area (Å²) in [5.74, 6) is 1.01. The minimum absolute atomic E-state index is 0.119. The van der Waals surface area contributed by atoms with E-state index in [9.17, 15) is 8.78 Å². The Kier molecular flexibility index (Phi) is 9.09. The molecule has 25 heavy (non-hydrogen) atoms. The van der Waals surface area contributed by atoms with Gasteiger partial charge < -0.3 is 4.74 Å². The van der Waals surface area contributed by atoms with Gasteiger partial charge in [-0.3, -0.25) is 0 Å². The lowest BCUT2D eigenvalue weighted by molar-refractivity contribution is -0.0598. The molecule has 0 aromatic rings. The van der Waals surface area contributed by atoms with E-state index >= 15 is 0 Å². The van der Waals surface area contributed by atoms with Crippen LogP contribution < -0.4 is 0 Å². The van der Waals surface area contributed by atoms with Crippen LogP contribution in [0.5, 0.6) is 0 Å². The van der Waals surface area contributed by atoms with E-state index in [4.69, 9.17) is 4.74 Å². The molecule has 0 aliphatic heterocycles. The molecule has 2 rings (SSSR count). The van der Waals surface area contributed by atoms with Gasteiger partial charge in [0.15, 0.2) is 6.17 Å². The van der Waals surface area contributed by atoms with E-state index in [2.05, 4.69) is 26.1 Å². The monoisotopic (exact) mass is 374 g/mol. The molecule has 0 spiro atoms. The Morgan fingerprint density at radius 2 is 1.80 bits per heavy atom. The van der Waals surface area contributed by atoms with E-state index < -0.39 is 18.4 Å². The number of alkyl halides is 2.